The van der Waals surface area contributed by atoms with E-state index in [1.807, 2.05) is 0 Å². The molecule has 1 aromatic heterocycles. The molecule has 6 heteroatoms. The second kappa shape index (κ2) is 4.75. The van der Waals surface area contributed by atoms with E-state index < -0.39 is 5.43 Å². The Morgan fingerprint density at radius 2 is 1.76 bits per heavy atom. The maximum absolute atomic E-state index is 12.0. The third-order valence-corrected chi connectivity index (χ3v) is 2.81. The van der Waals surface area contributed by atoms with Gasteiger partial charge in [-0.05, 0) is 12.1 Å². The zero-order chi connectivity index (χ0) is 15.0. The average Bonchev–Trinajstić information content (AvgIpc) is 2.37. The number of rotatable bonds is 2. The first kappa shape index (κ1) is 12.9. The van der Waals surface area contributed by atoms with Crippen molar-refractivity contribution in [1.82, 2.24) is 0 Å². The van der Waals surface area contributed by atoms with Crippen molar-refractivity contribution in [3.63, 3.8) is 0 Å². The fourth-order valence-electron chi connectivity index (χ4n) is 1.95. The van der Waals surface area contributed by atoms with Gasteiger partial charge in [0, 0.05) is 18.2 Å². The van der Waals surface area contributed by atoms with Gasteiger partial charge in [-0.25, -0.2) is 0 Å². The average molecular weight is 286 g/mol. The highest BCUT2D eigenvalue weighted by atomic mass is 16.6. The fraction of sp³-hybridized carbons (Fsp3) is 0. The van der Waals surface area contributed by atoms with Crippen molar-refractivity contribution in [3.05, 3.63) is 52.7 Å². The van der Waals surface area contributed by atoms with Crippen LogP contribution in [0.3, 0.4) is 0 Å². The Bertz CT molecular complexity index is 881. The van der Waals surface area contributed by atoms with Crippen LogP contribution in [0.1, 0.15) is 0 Å². The van der Waals surface area contributed by atoms with Gasteiger partial charge in [0.1, 0.15) is 34.0 Å². The molecule has 3 rings (SSSR count). The van der Waals surface area contributed by atoms with Crippen LogP contribution in [-0.4, -0.2) is 15.3 Å². The quantitative estimate of drug-likeness (QED) is 0.669. The highest BCUT2D eigenvalue weighted by molar-refractivity contribution is 5.84. The zero-order valence-electron chi connectivity index (χ0n) is 10.6. The number of hydrogen-bond acceptors (Lipinski definition) is 6. The zero-order valence-corrected chi connectivity index (χ0v) is 10.6. The Morgan fingerprint density at radius 3 is 2.52 bits per heavy atom. The van der Waals surface area contributed by atoms with Crippen molar-refractivity contribution in [2.24, 2.45) is 0 Å². The molecule has 1 heterocycles. The monoisotopic (exact) mass is 286 g/mol. The summed E-state index contributed by atoms with van der Waals surface area (Å²) in [5, 5.41) is 28.4. The lowest BCUT2D eigenvalue weighted by molar-refractivity contribution is 0.350. The van der Waals surface area contributed by atoms with Gasteiger partial charge in [0.25, 0.3) is 5.95 Å². The first-order valence-electron chi connectivity index (χ1n) is 5.99. The molecule has 0 spiro atoms. The van der Waals surface area contributed by atoms with Crippen LogP contribution in [-0.2, 0) is 0 Å². The normalized spacial score (nSPS) is 10.7. The molecule has 0 aliphatic heterocycles. The lowest BCUT2D eigenvalue weighted by Crippen LogP contribution is -2.00. The van der Waals surface area contributed by atoms with Crippen LogP contribution in [0.4, 0.5) is 0 Å². The van der Waals surface area contributed by atoms with Crippen molar-refractivity contribution < 1.29 is 24.5 Å². The van der Waals surface area contributed by atoms with Crippen LogP contribution < -0.4 is 10.2 Å². The standard InChI is InChI=1S/C15H10O6/c16-8-2-1-3-10(4-8)20-14-7-12(19)15-11(18)5-9(17)6-13(15)21-14/h1-7,16-18H. The molecule has 3 aromatic rings. The van der Waals surface area contributed by atoms with Crippen molar-refractivity contribution in [3.8, 4) is 28.9 Å². The summed E-state index contributed by atoms with van der Waals surface area (Å²) in [5.41, 5.74) is -0.515. The largest absolute Gasteiger partial charge is 0.508 e. The number of ether oxygens (including phenoxy) is 1. The number of hydrogen-bond donors (Lipinski definition) is 3. The molecule has 0 unspecified atom stereocenters. The Labute approximate surface area is 118 Å². The molecule has 21 heavy (non-hydrogen) atoms. The molecule has 0 aliphatic carbocycles. The first-order valence-corrected chi connectivity index (χ1v) is 5.99. The van der Waals surface area contributed by atoms with Gasteiger partial charge >= 0.3 is 0 Å². The number of aromatic hydroxyl groups is 3. The molecule has 2 aromatic carbocycles. The third kappa shape index (κ3) is 2.46. The minimum Gasteiger partial charge on any atom is -0.508 e. The summed E-state index contributed by atoms with van der Waals surface area (Å²) in [4.78, 5) is 12.0. The Kier molecular flexibility index (Phi) is 2.91. The third-order valence-electron chi connectivity index (χ3n) is 2.81. The Balaban J connectivity index is 2.10. The summed E-state index contributed by atoms with van der Waals surface area (Å²) in [6, 6.07) is 9.29. The molecule has 0 saturated carbocycles. The van der Waals surface area contributed by atoms with Crippen molar-refractivity contribution >= 4 is 11.0 Å². The summed E-state index contributed by atoms with van der Waals surface area (Å²) in [7, 11) is 0. The maximum atomic E-state index is 12.0. The van der Waals surface area contributed by atoms with Gasteiger partial charge in [-0.3, -0.25) is 4.79 Å². The number of phenols is 3. The molecule has 0 bridgehead atoms. The lowest BCUT2D eigenvalue weighted by atomic mass is 10.2. The van der Waals surface area contributed by atoms with Gasteiger partial charge in [-0.1, -0.05) is 6.07 Å². The second-order valence-corrected chi connectivity index (χ2v) is 4.37. The van der Waals surface area contributed by atoms with Crippen LogP contribution in [0.15, 0.2) is 51.7 Å². The van der Waals surface area contributed by atoms with Crippen molar-refractivity contribution in [2.45, 2.75) is 0 Å². The van der Waals surface area contributed by atoms with Crippen molar-refractivity contribution in [2.75, 3.05) is 0 Å². The van der Waals surface area contributed by atoms with Crippen LogP contribution in [0.5, 0.6) is 28.9 Å². The van der Waals surface area contributed by atoms with E-state index in [2.05, 4.69) is 0 Å². The molecule has 0 amide bonds. The van der Waals surface area contributed by atoms with Crippen LogP contribution >= 0.6 is 0 Å². The van der Waals surface area contributed by atoms with E-state index >= 15 is 0 Å². The van der Waals surface area contributed by atoms with Crippen LogP contribution in [0, 0.1) is 0 Å². The molecular weight excluding hydrogens is 276 g/mol. The Hall–Kier alpha value is -3.15. The van der Waals surface area contributed by atoms with E-state index in [1.54, 1.807) is 12.1 Å². The molecule has 106 valence electrons. The molecule has 0 aliphatic rings. The molecule has 0 radical (unpaired) electrons. The molecule has 3 N–H and O–H groups in total. The van der Waals surface area contributed by atoms with Gasteiger partial charge in [0.15, 0.2) is 5.43 Å². The molecular formula is C15H10O6. The minimum absolute atomic E-state index is 0.00449. The summed E-state index contributed by atoms with van der Waals surface area (Å²) in [5.74, 6) is -0.448. The summed E-state index contributed by atoms with van der Waals surface area (Å²) in [6.07, 6.45) is 0. The predicted molar refractivity (Wildman–Crippen MR) is 74.0 cm³/mol. The van der Waals surface area contributed by atoms with Crippen LogP contribution in [0.2, 0.25) is 0 Å². The number of phenolic OH excluding ortho intramolecular Hbond substituents is 3. The highest BCUT2D eigenvalue weighted by Crippen LogP contribution is 2.31. The summed E-state index contributed by atoms with van der Waals surface area (Å²) in [6.45, 7) is 0. The Morgan fingerprint density at radius 1 is 0.952 bits per heavy atom. The van der Waals surface area contributed by atoms with E-state index in [-0.39, 0.29) is 39.9 Å². The molecule has 0 saturated heterocycles. The van der Waals surface area contributed by atoms with Gasteiger partial charge in [-0.15, -0.1) is 0 Å². The fourth-order valence-corrected chi connectivity index (χ4v) is 1.95. The van der Waals surface area contributed by atoms with E-state index in [9.17, 15) is 20.1 Å². The van der Waals surface area contributed by atoms with Gasteiger partial charge < -0.3 is 24.5 Å². The van der Waals surface area contributed by atoms with Crippen LogP contribution in [0.25, 0.3) is 11.0 Å². The summed E-state index contributed by atoms with van der Waals surface area (Å²) >= 11 is 0. The lowest BCUT2D eigenvalue weighted by Gasteiger charge is -2.06. The van der Waals surface area contributed by atoms with E-state index in [0.717, 1.165) is 12.1 Å². The van der Waals surface area contributed by atoms with Gasteiger partial charge in [-0.2, -0.15) is 0 Å². The topological polar surface area (TPSA) is 100 Å². The van der Waals surface area contributed by atoms with E-state index in [4.69, 9.17) is 9.15 Å². The SMILES string of the molecule is O=c1cc(Oc2cccc(O)c2)oc2cc(O)cc(O)c12. The highest BCUT2D eigenvalue weighted by Gasteiger charge is 2.12. The molecule has 0 fully saturated rings. The van der Waals surface area contributed by atoms with Crippen molar-refractivity contribution in [1.29, 1.82) is 0 Å². The first-order chi connectivity index (χ1) is 10.0. The van der Waals surface area contributed by atoms with Gasteiger partial charge in [0.05, 0.1) is 6.07 Å². The predicted octanol–water partition coefficient (Wildman–Crippen LogP) is 2.70. The molecule has 0 atom stereocenters. The maximum Gasteiger partial charge on any atom is 0.294 e. The minimum atomic E-state index is -0.510. The van der Waals surface area contributed by atoms with E-state index in [1.165, 1.54) is 18.2 Å². The molecule has 6 nitrogen and oxygen atoms in total. The smallest absolute Gasteiger partial charge is 0.294 e. The number of benzene rings is 2. The summed E-state index contributed by atoms with van der Waals surface area (Å²) < 4.78 is 10.7. The second-order valence-electron chi connectivity index (χ2n) is 4.37. The van der Waals surface area contributed by atoms with Gasteiger partial charge in [0.2, 0.25) is 0 Å². The van der Waals surface area contributed by atoms with E-state index in [0.29, 0.717) is 0 Å². The number of fused-ring (bicyclic) bond motifs is 1.